The molecule has 0 N–H and O–H groups in total. The zero-order chi connectivity index (χ0) is 10.1. The highest BCUT2D eigenvalue weighted by Gasteiger charge is 1.87. The number of rotatable bonds is 6. The second-order valence-electron chi connectivity index (χ2n) is 3.74. The largest absolute Gasteiger partial charge is 0.103 e. The summed E-state index contributed by atoms with van der Waals surface area (Å²) in [5, 5.41) is 0. The maximum Gasteiger partial charge on any atom is -0.0288 e. The van der Waals surface area contributed by atoms with Crippen molar-refractivity contribution < 1.29 is 0 Å². The Hall–Kier alpha value is -0.780. The van der Waals surface area contributed by atoms with Crippen molar-refractivity contribution >= 4 is 0 Å². The first-order valence-corrected chi connectivity index (χ1v) is 5.06. The molecule has 0 heterocycles. The number of hydrogen-bond acceptors (Lipinski definition) is 0. The van der Waals surface area contributed by atoms with Crippen LogP contribution in [0.4, 0.5) is 0 Å². The van der Waals surface area contributed by atoms with Gasteiger partial charge in [0, 0.05) is 0 Å². The van der Waals surface area contributed by atoms with Gasteiger partial charge in [-0.1, -0.05) is 29.4 Å². The maximum atomic E-state index is 3.70. The van der Waals surface area contributed by atoms with Gasteiger partial charge in [0.25, 0.3) is 0 Å². The fourth-order valence-electron chi connectivity index (χ4n) is 1.14. The van der Waals surface area contributed by atoms with Crippen LogP contribution in [-0.4, -0.2) is 0 Å². The van der Waals surface area contributed by atoms with E-state index in [9.17, 15) is 0 Å². The van der Waals surface area contributed by atoms with Gasteiger partial charge in [-0.05, 0) is 46.5 Å². The van der Waals surface area contributed by atoms with Crippen molar-refractivity contribution in [1.82, 2.24) is 0 Å². The number of allylic oxidation sites excluding steroid dienone is 5. The summed E-state index contributed by atoms with van der Waals surface area (Å²) in [5.74, 6) is 0. The van der Waals surface area contributed by atoms with E-state index in [1.54, 1.807) is 0 Å². The summed E-state index contributed by atoms with van der Waals surface area (Å²) < 4.78 is 0. The van der Waals surface area contributed by atoms with E-state index in [-0.39, 0.29) is 0 Å². The maximum absolute atomic E-state index is 3.70. The molecule has 0 aliphatic carbocycles. The average Bonchev–Trinajstić information content (AvgIpc) is 2.04. The van der Waals surface area contributed by atoms with Crippen LogP contribution in [0.3, 0.4) is 0 Å². The van der Waals surface area contributed by atoms with Crippen molar-refractivity contribution in [3.63, 3.8) is 0 Å². The van der Waals surface area contributed by atoms with Crippen LogP contribution < -0.4 is 0 Å². The van der Waals surface area contributed by atoms with E-state index in [1.807, 2.05) is 6.08 Å². The first-order valence-electron chi connectivity index (χ1n) is 5.06. The molecule has 0 bridgehead atoms. The molecule has 0 atom stereocenters. The molecular weight excluding hydrogens is 156 g/mol. The normalized spacial score (nSPS) is 11.2. The topological polar surface area (TPSA) is 0 Å². The molecule has 0 aliphatic heterocycles. The van der Waals surface area contributed by atoms with E-state index in [0.29, 0.717) is 0 Å². The predicted octanol–water partition coefficient (Wildman–Crippen LogP) is 4.65. The molecule has 0 spiro atoms. The van der Waals surface area contributed by atoms with Crippen LogP contribution in [0.15, 0.2) is 36.0 Å². The van der Waals surface area contributed by atoms with Crippen LogP contribution in [-0.2, 0) is 0 Å². The quantitative estimate of drug-likeness (QED) is 0.410. The van der Waals surface area contributed by atoms with E-state index in [4.69, 9.17) is 0 Å². The van der Waals surface area contributed by atoms with Gasteiger partial charge in [0.2, 0.25) is 0 Å². The number of unbranched alkanes of at least 4 members (excludes halogenated alkanes) is 1. The average molecular weight is 178 g/mol. The van der Waals surface area contributed by atoms with Crippen LogP contribution in [0.2, 0.25) is 0 Å². The molecule has 13 heavy (non-hydrogen) atoms. The lowest BCUT2D eigenvalue weighted by atomic mass is 10.1. The van der Waals surface area contributed by atoms with Crippen molar-refractivity contribution in [2.75, 3.05) is 0 Å². The third kappa shape index (κ3) is 9.13. The van der Waals surface area contributed by atoms with Crippen molar-refractivity contribution in [2.24, 2.45) is 0 Å². The zero-order valence-corrected chi connectivity index (χ0v) is 9.27. The van der Waals surface area contributed by atoms with Crippen molar-refractivity contribution in [1.29, 1.82) is 0 Å². The summed E-state index contributed by atoms with van der Waals surface area (Å²) in [5.41, 5.74) is 2.92. The van der Waals surface area contributed by atoms with Crippen LogP contribution in [0.25, 0.3) is 0 Å². The lowest BCUT2D eigenvalue weighted by Gasteiger charge is -1.98. The highest BCUT2D eigenvalue weighted by Crippen LogP contribution is 2.08. The van der Waals surface area contributed by atoms with Crippen LogP contribution in [0.1, 0.15) is 46.5 Å². The Morgan fingerprint density at radius 1 is 1.00 bits per heavy atom. The first-order chi connectivity index (χ1) is 6.16. The van der Waals surface area contributed by atoms with Gasteiger partial charge in [-0.25, -0.2) is 0 Å². The lowest BCUT2D eigenvalue weighted by molar-refractivity contribution is 0.937. The van der Waals surface area contributed by atoms with Gasteiger partial charge in [-0.2, -0.15) is 0 Å². The smallest absolute Gasteiger partial charge is 0.0288 e. The molecule has 0 amide bonds. The fraction of sp³-hybridized carbons (Fsp3) is 0.538. The van der Waals surface area contributed by atoms with E-state index < -0.39 is 0 Å². The molecule has 0 aromatic carbocycles. The zero-order valence-electron chi connectivity index (χ0n) is 9.27. The summed E-state index contributed by atoms with van der Waals surface area (Å²) in [7, 11) is 0. The Labute approximate surface area is 83.0 Å². The molecule has 0 aromatic rings. The minimum absolute atomic E-state index is 1.10. The predicted molar refractivity (Wildman–Crippen MR) is 61.9 cm³/mol. The summed E-state index contributed by atoms with van der Waals surface area (Å²) in [6, 6.07) is 0. The van der Waals surface area contributed by atoms with Gasteiger partial charge in [-0.15, -0.1) is 6.58 Å². The van der Waals surface area contributed by atoms with Gasteiger partial charge in [0.15, 0.2) is 0 Å². The summed E-state index contributed by atoms with van der Waals surface area (Å²) in [6.45, 7) is 10.2. The molecule has 0 radical (unpaired) electrons. The molecule has 0 saturated heterocycles. The van der Waals surface area contributed by atoms with Gasteiger partial charge in [0.05, 0.1) is 0 Å². The van der Waals surface area contributed by atoms with E-state index in [0.717, 1.165) is 12.8 Å². The second kappa shape index (κ2) is 7.85. The van der Waals surface area contributed by atoms with E-state index in [2.05, 4.69) is 39.5 Å². The van der Waals surface area contributed by atoms with Crippen LogP contribution in [0, 0.1) is 0 Å². The van der Waals surface area contributed by atoms with Crippen molar-refractivity contribution in [3.05, 3.63) is 36.0 Å². The first kappa shape index (κ1) is 12.2. The molecule has 0 aromatic heterocycles. The van der Waals surface area contributed by atoms with Gasteiger partial charge < -0.3 is 0 Å². The van der Waals surface area contributed by atoms with Gasteiger partial charge >= 0.3 is 0 Å². The third-order valence-electron chi connectivity index (χ3n) is 1.95. The standard InChI is InChI=1S/C13H22/c1-5-6-7-10-13(4)11-8-9-12(2)3/h5,9-10H,1,6-8,11H2,2-4H3/b13-10-. The van der Waals surface area contributed by atoms with E-state index in [1.165, 1.54) is 24.0 Å². The minimum Gasteiger partial charge on any atom is -0.103 e. The SMILES string of the molecule is C=CCC/C=C(/C)CCC=C(C)C. The molecule has 74 valence electrons. The Kier molecular flexibility index (Phi) is 7.38. The van der Waals surface area contributed by atoms with Crippen molar-refractivity contribution in [3.8, 4) is 0 Å². The summed E-state index contributed by atoms with van der Waals surface area (Å²) >= 11 is 0. The third-order valence-corrected chi connectivity index (χ3v) is 1.95. The minimum atomic E-state index is 1.10. The summed E-state index contributed by atoms with van der Waals surface area (Å²) in [6.07, 6.45) is 11.2. The molecular formula is C13H22. The lowest BCUT2D eigenvalue weighted by Crippen LogP contribution is -1.77. The highest BCUT2D eigenvalue weighted by molar-refractivity contribution is 5.02. The Morgan fingerprint density at radius 2 is 1.69 bits per heavy atom. The molecule has 0 rings (SSSR count). The van der Waals surface area contributed by atoms with Crippen LogP contribution >= 0.6 is 0 Å². The molecule has 0 nitrogen and oxygen atoms in total. The number of hydrogen-bond donors (Lipinski definition) is 0. The molecule has 0 saturated carbocycles. The highest BCUT2D eigenvalue weighted by atomic mass is 13.9. The Morgan fingerprint density at radius 3 is 2.23 bits per heavy atom. The van der Waals surface area contributed by atoms with Crippen molar-refractivity contribution in [2.45, 2.75) is 46.5 Å². The molecule has 0 fully saturated rings. The second-order valence-corrected chi connectivity index (χ2v) is 3.74. The van der Waals surface area contributed by atoms with Gasteiger partial charge in [-0.3, -0.25) is 0 Å². The molecule has 0 heteroatoms. The summed E-state index contributed by atoms with van der Waals surface area (Å²) in [4.78, 5) is 0. The molecule has 0 unspecified atom stereocenters. The fourth-order valence-corrected chi connectivity index (χ4v) is 1.14. The monoisotopic (exact) mass is 178 g/mol. The molecule has 0 aliphatic rings. The Bertz CT molecular complexity index is 190. The van der Waals surface area contributed by atoms with Crippen LogP contribution in [0.5, 0.6) is 0 Å². The van der Waals surface area contributed by atoms with Gasteiger partial charge in [0.1, 0.15) is 0 Å². The van der Waals surface area contributed by atoms with E-state index >= 15 is 0 Å². The Balaban J connectivity index is 3.60.